The number of allylic oxidation sites excluding steroid dienone is 3. The SMILES string of the molecule is C=C[C@](C)(C/C=C/CC)Cc1ccccc1. The van der Waals surface area contributed by atoms with Crippen LogP contribution in [0.15, 0.2) is 55.1 Å². The summed E-state index contributed by atoms with van der Waals surface area (Å²) >= 11 is 0. The van der Waals surface area contributed by atoms with Crippen molar-refractivity contribution in [2.45, 2.75) is 33.1 Å². The highest BCUT2D eigenvalue weighted by Crippen LogP contribution is 2.28. The molecular formula is C16H22. The van der Waals surface area contributed by atoms with Gasteiger partial charge in [-0.3, -0.25) is 0 Å². The lowest BCUT2D eigenvalue weighted by molar-refractivity contribution is 0.431. The molecule has 0 aliphatic rings. The number of hydrogen-bond donors (Lipinski definition) is 0. The summed E-state index contributed by atoms with van der Waals surface area (Å²) in [7, 11) is 0. The number of hydrogen-bond acceptors (Lipinski definition) is 0. The largest absolute Gasteiger partial charge is 0.103 e. The summed E-state index contributed by atoms with van der Waals surface area (Å²) in [5.41, 5.74) is 1.56. The van der Waals surface area contributed by atoms with E-state index in [0.717, 1.165) is 19.3 Å². The molecule has 1 rings (SSSR count). The molecule has 0 unspecified atom stereocenters. The Morgan fingerprint density at radius 1 is 1.19 bits per heavy atom. The highest BCUT2D eigenvalue weighted by Gasteiger charge is 2.18. The van der Waals surface area contributed by atoms with Crippen molar-refractivity contribution in [1.29, 1.82) is 0 Å². The van der Waals surface area contributed by atoms with Crippen LogP contribution in [0.4, 0.5) is 0 Å². The first-order valence-electron chi connectivity index (χ1n) is 6.03. The molecule has 86 valence electrons. The molecule has 0 saturated heterocycles. The van der Waals surface area contributed by atoms with Gasteiger partial charge in [0.2, 0.25) is 0 Å². The van der Waals surface area contributed by atoms with Crippen LogP contribution in [0.5, 0.6) is 0 Å². The molecule has 16 heavy (non-hydrogen) atoms. The molecule has 0 amide bonds. The summed E-state index contributed by atoms with van der Waals surface area (Å²) in [6.07, 6.45) is 9.82. The first kappa shape index (κ1) is 12.8. The van der Waals surface area contributed by atoms with E-state index in [9.17, 15) is 0 Å². The van der Waals surface area contributed by atoms with E-state index in [1.54, 1.807) is 0 Å². The van der Waals surface area contributed by atoms with Gasteiger partial charge in [0.1, 0.15) is 0 Å². The minimum absolute atomic E-state index is 0.174. The zero-order chi connectivity index (χ0) is 11.9. The molecule has 0 nitrogen and oxygen atoms in total. The third kappa shape index (κ3) is 4.06. The van der Waals surface area contributed by atoms with E-state index in [4.69, 9.17) is 0 Å². The average Bonchev–Trinajstić information content (AvgIpc) is 2.31. The monoisotopic (exact) mass is 214 g/mol. The van der Waals surface area contributed by atoms with E-state index in [1.807, 2.05) is 0 Å². The van der Waals surface area contributed by atoms with Crippen LogP contribution in [-0.2, 0) is 6.42 Å². The molecule has 0 heteroatoms. The minimum Gasteiger partial charge on any atom is -0.103 e. The second-order valence-electron chi connectivity index (χ2n) is 4.60. The van der Waals surface area contributed by atoms with Crippen molar-refractivity contribution in [3.8, 4) is 0 Å². The zero-order valence-electron chi connectivity index (χ0n) is 10.4. The van der Waals surface area contributed by atoms with Crippen molar-refractivity contribution in [1.82, 2.24) is 0 Å². The molecule has 0 aliphatic carbocycles. The maximum atomic E-state index is 3.97. The third-order valence-electron chi connectivity index (χ3n) is 2.93. The van der Waals surface area contributed by atoms with Gasteiger partial charge in [0, 0.05) is 0 Å². The Morgan fingerprint density at radius 2 is 1.88 bits per heavy atom. The molecule has 0 heterocycles. The molecule has 0 bridgehead atoms. The summed E-state index contributed by atoms with van der Waals surface area (Å²) < 4.78 is 0. The summed E-state index contributed by atoms with van der Waals surface area (Å²) in [5, 5.41) is 0. The molecule has 0 aliphatic heterocycles. The van der Waals surface area contributed by atoms with E-state index in [-0.39, 0.29) is 5.41 Å². The Balaban J connectivity index is 2.66. The third-order valence-corrected chi connectivity index (χ3v) is 2.93. The normalized spacial score (nSPS) is 14.9. The summed E-state index contributed by atoms with van der Waals surface area (Å²) in [6, 6.07) is 10.6. The van der Waals surface area contributed by atoms with Crippen LogP contribution in [0.1, 0.15) is 32.3 Å². The van der Waals surface area contributed by atoms with Crippen LogP contribution in [0, 0.1) is 5.41 Å². The summed E-state index contributed by atoms with van der Waals surface area (Å²) in [6.45, 7) is 8.41. The van der Waals surface area contributed by atoms with Crippen molar-refractivity contribution in [2.24, 2.45) is 5.41 Å². The topological polar surface area (TPSA) is 0 Å². The Labute approximate surface area is 99.7 Å². The van der Waals surface area contributed by atoms with Crippen LogP contribution in [0.3, 0.4) is 0 Å². The Morgan fingerprint density at radius 3 is 2.44 bits per heavy atom. The van der Waals surface area contributed by atoms with Crippen molar-refractivity contribution >= 4 is 0 Å². The fourth-order valence-corrected chi connectivity index (χ4v) is 1.81. The van der Waals surface area contributed by atoms with Crippen LogP contribution in [0.2, 0.25) is 0 Å². The predicted octanol–water partition coefficient (Wildman–Crippen LogP) is 4.78. The van der Waals surface area contributed by atoms with Crippen molar-refractivity contribution in [3.63, 3.8) is 0 Å². The van der Waals surface area contributed by atoms with Crippen LogP contribution in [0.25, 0.3) is 0 Å². The molecule has 0 aromatic heterocycles. The second kappa shape index (κ2) is 6.32. The van der Waals surface area contributed by atoms with Gasteiger partial charge in [-0.25, -0.2) is 0 Å². The van der Waals surface area contributed by atoms with E-state index < -0.39 is 0 Å². The lowest BCUT2D eigenvalue weighted by Gasteiger charge is -2.24. The predicted molar refractivity (Wildman–Crippen MR) is 72.5 cm³/mol. The van der Waals surface area contributed by atoms with Crippen molar-refractivity contribution in [3.05, 3.63) is 60.7 Å². The van der Waals surface area contributed by atoms with Gasteiger partial charge >= 0.3 is 0 Å². The summed E-state index contributed by atoms with van der Waals surface area (Å²) in [4.78, 5) is 0. The van der Waals surface area contributed by atoms with Crippen LogP contribution < -0.4 is 0 Å². The Bertz CT molecular complexity index is 334. The quantitative estimate of drug-likeness (QED) is 0.598. The highest BCUT2D eigenvalue weighted by atomic mass is 14.2. The molecule has 0 N–H and O–H groups in total. The van der Waals surface area contributed by atoms with E-state index in [1.165, 1.54) is 5.56 Å². The van der Waals surface area contributed by atoms with Gasteiger partial charge in [0.15, 0.2) is 0 Å². The Kier molecular flexibility index (Phi) is 5.04. The molecule has 0 saturated carbocycles. The maximum Gasteiger partial charge on any atom is -0.00744 e. The first-order valence-corrected chi connectivity index (χ1v) is 6.03. The van der Waals surface area contributed by atoms with E-state index in [2.05, 4.69) is 69.0 Å². The molecule has 0 fully saturated rings. The number of benzene rings is 1. The second-order valence-corrected chi connectivity index (χ2v) is 4.60. The molecule has 1 aromatic carbocycles. The molecule has 1 aromatic rings. The zero-order valence-corrected chi connectivity index (χ0v) is 10.4. The molecule has 1 atom stereocenters. The highest BCUT2D eigenvalue weighted by molar-refractivity contribution is 5.18. The average molecular weight is 214 g/mol. The Hall–Kier alpha value is -1.30. The van der Waals surface area contributed by atoms with Crippen molar-refractivity contribution in [2.75, 3.05) is 0 Å². The van der Waals surface area contributed by atoms with Crippen molar-refractivity contribution < 1.29 is 0 Å². The lowest BCUT2D eigenvalue weighted by atomic mass is 9.80. The fraction of sp³-hybridized carbons (Fsp3) is 0.375. The van der Waals surface area contributed by atoms with E-state index >= 15 is 0 Å². The van der Waals surface area contributed by atoms with E-state index in [0.29, 0.717) is 0 Å². The van der Waals surface area contributed by atoms with Gasteiger partial charge in [-0.2, -0.15) is 0 Å². The van der Waals surface area contributed by atoms with Gasteiger partial charge in [-0.1, -0.05) is 62.4 Å². The lowest BCUT2D eigenvalue weighted by Crippen LogP contribution is -2.15. The molecule has 0 spiro atoms. The molecular weight excluding hydrogens is 192 g/mol. The first-order chi connectivity index (χ1) is 7.70. The van der Waals surface area contributed by atoms with Crippen LogP contribution >= 0.6 is 0 Å². The smallest absolute Gasteiger partial charge is 0.00744 e. The molecule has 0 radical (unpaired) electrons. The van der Waals surface area contributed by atoms with Gasteiger partial charge in [0.05, 0.1) is 0 Å². The standard InChI is InChI=1S/C16H22/c1-4-6-10-13-16(3,5-2)14-15-11-8-7-9-12-15/h5-12H,2,4,13-14H2,1,3H3/b10-6+/t16-/m1/s1. The number of rotatable bonds is 6. The van der Waals surface area contributed by atoms with Gasteiger partial charge in [-0.15, -0.1) is 6.58 Å². The minimum atomic E-state index is 0.174. The van der Waals surface area contributed by atoms with Gasteiger partial charge in [-0.05, 0) is 30.2 Å². The van der Waals surface area contributed by atoms with Crippen LogP contribution in [-0.4, -0.2) is 0 Å². The fourth-order valence-electron chi connectivity index (χ4n) is 1.81. The maximum absolute atomic E-state index is 3.97. The summed E-state index contributed by atoms with van der Waals surface area (Å²) in [5.74, 6) is 0. The van der Waals surface area contributed by atoms with Gasteiger partial charge < -0.3 is 0 Å². The van der Waals surface area contributed by atoms with Gasteiger partial charge in [0.25, 0.3) is 0 Å².